The fourth-order valence-corrected chi connectivity index (χ4v) is 7.17. The summed E-state index contributed by atoms with van der Waals surface area (Å²) in [5, 5.41) is 7.09. The highest BCUT2D eigenvalue weighted by molar-refractivity contribution is 6.23. The largest absolute Gasteiger partial charge is 0.309 e. The van der Waals surface area contributed by atoms with Gasteiger partial charge in [0.25, 0.3) is 0 Å². The van der Waals surface area contributed by atoms with E-state index in [-0.39, 0.29) is 0 Å². The molecule has 0 N–H and O–H groups in total. The lowest BCUT2D eigenvalue weighted by atomic mass is 9.98. The molecule has 44 heavy (non-hydrogen) atoms. The number of imidazole rings is 1. The van der Waals surface area contributed by atoms with Crippen molar-refractivity contribution in [2.45, 2.75) is 0 Å². The number of pyridine rings is 2. The fraction of sp³-hybridized carbons (Fsp3) is 0. The van der Waals surface area contributed by atoms with Gasteiger partial charge in [-0.05, 0) is 71.8 Å². The second-order valence-corrected chi connectivity index (χ2v) is 11.5. The van der Waals surface area contributed by atoms with E-state index in [0.29, 0.717) is 0 Å². The number of benzene rings is 6. The highest BCUT2D eigenvalue weighted by Gasteiger charge is 2.17. The lowest BCUT2D eigenvalue weighted by molar-refractivity contribution is 1.18. The third-order valence-corrected chi connectivity index (χ3v) is 9.12. The Labute approximate surface area is 252 Å². The standard InChI is InChI=1S/C40H24N4/c1-4-12-34-29(9-1)30-10-2-5-13-35(30)43(34)28-19-15-25(16-20-28)27-18-22-36-32(24-27)38-31(21-17-26-8-7-23-41-39(26)38)40-42-33-11-3-6-14-37(33)44(36)40/h1-24H. The van der Waals surface area contributed by atoms with E-state index in [1.807, 2.05) is 12.3 Å². The maximum atomic E-state index is 5.09. The zero-order valence-corrected chi connectivity index (χ0v) is 23.6. The van der Waals surface area contributed by atoms with Crippen molar-refractivity contribution >= 4 is 71.1 Å². The first kappa shape index (κ1) is 23.6. The SMILES string of the molecule is c1cnc2c(c1)ccc1c2c2cc(-c3ccc(-n4c5ccccc5c5ccccc54)cc3)ccc2n2c3ccccc3nc12. The molecule has 0 fully saturated rings. The predicted octanol–water partition coefficient (Wildman–Crippen LogP) is 10.1. The van der Waals surface area contributed by atoms with Crippen LogP contribution >= 0.6 is 0 Å². The highest BCUT2D eigenvalue weighted by Crippen LogP contribution is 2.38. The second kappa shape index (κ2) is 8.76. The van der Waals surface area contributed by atoms with Gasteiger partial charge >= 0.3 is 0 Å². The molecular formula is C40H24N4. The van der Waals surface area contributed by atoms with Crippen LogP contribution in [-0.2, 0) is 0 Å². The third-order valence-electron chi connectivity index (χ3n) is 9.12. The Hall–Kier alpha value is -6.00. The molecule has 0 saturated carbocycles. The Morgan fingerprint density at radius 1 is 0.477 bits per heavy atom. The van der Waals surface area contributed by atoms with E-state index >= 15 is 0 Å². The molecule has 0 saturated heterocycles. The van der Waals surface area contributed by atoms with Crippen molar-refractivity contribution in [1.29, 1.82) is 0 Å². The van der Waals surface area contributed by atoms with E-state index in [2.05, 4.69) is 142 Å². The first-order chi connectivity index (χ1) is 21.8. The van der Waals surface area contributed by atoms with Gasteiger partial charge in [0.1, 0.15) is 5.65 Å². The van der Waals surface area contributed by atoms with Gasteiger partial charge in [-0.15, -0.1) is 0 Å². The zero-order valence-electron chi connectivity index (χ0n) is 23.6. The maximum absolute atomic E-state index is 5.09. The molecule has 0 amide bonds. The van der Waals surface area contributed by atoms with E-state index in [0.717, 1.165) is 49.6 Å². The molecule has 10 rings (SSSR count). The summed E-state index contributed by atoms with van der Waals surface area (Å²) < 4.78 is 4.66. The minimum absolute atomic E-state index is 0.963. The number of aromatic nitrogens is 4. The average Bonchev–Trinajstić information content (AvgIpc) is 3.65. The van der Waals surface area contributed by atoms with Gasteiger partial charge < -0.3 is 4.57 Å². The molecule has 0 spiro atoms. The monoisotopic (exact) mass is 560 g/mol. The minimum atomic E-state index is 0.963. The van der Waals surface area contributed by atoms with Crippen molar-refractivity contribution in [2.75, 3.05) is 0 Å². The second-order valence-electron chi connectivity index (χ2n) is 11.5. The summed E-state index contributed by atoms with van der Waals surface area (Å²) in [7, 11) is 0. The quantitative estimate of drug-likeness (QED) is 0.197. The Bertz CT molecular complexity index is 2710. The van der Waals surface area contributed by atoms with Gasteiger partial charge in [-0.1, -0.05) is 78.9 Å². The molecule has 4 heteroatoms. The highest BCUT2D eigenvalue weighted by atomic mass is 15.0. The minimum Gasteiger partial charge on any atom is -0.309 e. The molecule has 0 bridgehead atoms. The van der Waals surface area contributed by atoms with Crippen molar-refractivity contribution < 1.29 is 0 Å². The number of para-hydroxylation sites is 4. The zero-order chi connectivity index (χ0) is 28.8. The number of nitrogens with zero attached hydrogens (tertiary/aromatic N) is 4. The summed E-state index contributed by atoms with van der Waals surface area (Å²) in [6.45, 7) is 0. The molecule has 0 aliphatic carbocycles. The van der Waals surface area contributed by atoms with Gasteiger partial charge in [0, 0.05) is 44.2 Å². The first-order valence-corrected chi connectivity index (χ1v) is 14.9. The van der Waals surface area contributed by atoms with Gasteiger partial charge in [-0.25, -0.2) is 4.98 Å². The molecular weight excluding hydrogens is 536 g/mol. The van der Waals surface area contributed by atoms with Crippen molar-refractivity contribution in [3.63, 3.8) is 0 Å². The van der Waals surface area contributed by atoms with Crippen LogP contribution in [0, 0.1) is 0 Å². The van der Waals surface area contributed by atoms with E-state index in [9.17, 15) is 0 Å². The molecule has 4 heterocycles. The van der Waals surface area contributed by atoms with E-state index in [1.54, 1.807) is 0 Å². The van der Waals surface area contributed by atoms with Gasteiger partial charge in [0.05, 0.1) is 33.1 Å². The van der Waals surface area contributed by atoms with E-state index in [4.69, 9.17) is 9.97 Å². The van der Waals surface area contributed by atoms with Crippen LogP contribution in [0.3, 0.4) is 0 Å². The summed E-state index contributed by atoms with van der Waals surface area (Å²) in [6.07, 6.45) is 1.89. The summed E-state index contributed by atoms with van der Waals surface area (Å²) >= 11 is 0. The summed E-state index contributed by atoms with van der Waals surface area (Å²) in [5.41, 5.74) is 11.1. The van der Waals surface area contributed by atoms with Gasteiger partial charge in [-0.3, -0.25) is 9.38 Å². The van der Waals surface area contributed by atoms with Crippen LogP contribution < -0.4 is 0 Å². The van der Waals surface area contributed by atoms with E-state index < -0.39 is 0 Å². The molecule has 204 valence electrons. The van der Waals surface area contributed by atoms with Crippen molar-refractivity contribution in [1.82, 2.24) is 18.9 Å². The Morgan fingerprint density at radius 2 is 1.18 bits per heavy atom. The first-order valence-electron chi connectivity index (χ1n) is 14.9. The predicted molar refractivity (Wildman–Crippen MR) is 183 cm³/mol. The topological polar surface area (TPSA) is 35.1 Å². The van der Waals surface area contributed by atoms with Crippen LogP contribution in [0.5, 0.6) is 0 Å². The van der Waals surface area contributed by atoms with Crippen molar-refractivity contribution in [3.05, 3.63) is 146 Å². The number of rotatable bonds is 2. The van der Waals surface area contributed by atoms with Crippen LogP contribution in [0.1, 0.15) is 0 Å². The molecule has 4 nitrogen and oxygen atoms in total. The van der Waals surface area contributed by atoms with Crippen LogP contribution in [0.4, 0.5) is 0 Å². The van der Waals surface area contributed by atoms with Crippen LogP contribution in [0.25, 0.3) is 87.9 Å². The Morgan fingerprint density at radius 3 is 1.98 bits per heavy atom. The summed E-state index contributed by atoms with van der Waals surface area (Å²) in [4.78, 5) is 9.96. The molecule has 0 aliphatic heterocycles. The normalized spacial score (nSPS) is 12.1. The number of hydrogen-bond acceptors (Lipinski definition) is 2. The van der Waals surface area contributed by atoms with Crippen LogP contribution in [-0.4, -0.2) is 18.9 Å². The number of hydrogen-bond donors (Lipinski definition) is 0. The van der Waals surface area contributed by atoms with E-state index in [1.165, 1.54) is 38.3 Å². The Balaban J connectivity index is 1.22. The van der Waals surface area contributed by atoms with Crippen LogP contribution in [0.2, 0.25) is 0 Å². The molecule has 0 radical (unpaired) electrons. The molecule has 0 aliphatic rings. The smallest absolute Gasteiger partial charge is 0.146 e. The molecule has 6 aromatic carbocycles. The van der Waals surface area contributed by atoms with Gasteiger partial charge in [-0.2, -0.15) is 0 Å². The number of fused-ring (bicyclic) bond motifs is 13. The Kier molecular flexibility index (Phi) is 4.69. The van der Waals surface area contributed by atoms with Crippen molar-refractivity contribution in [2.24, 2.45) is 0 Å². The van der Waals surface area contributed by atoms with Gasteiger partial charge in [0.15, 0.2) is 0 Å². The molecule has 4 aromatic heterocycles. The average molecular weight is 561 g/mol. The fourth-order valence-electron chi connectivity index (χ4n) is 7.17. The van der Waals surface area contributed by atoms with Crippen molar-refractivity contribution in [3.8, 4) is 16.8 Å². The lowest BCUT2D eigenvalue weighted by Gasteiger charge is -2.13. The summed E-state index contributed by atoms with van der Waals surface area (Å²) in [5.74, 6) is 0. The van der Waals surface area contributed by atoms with Gasteiger partial charge in [0.2, 0.25) is 0 Å². The van der Waals surface area contributed by atoms with Crippen LogP contribution in [0.15, 0.2) is 146 Å². The molecule has 10 aromatic rings. The summed E-state index contributed by atoms with van der Waals surface area (Å²) in [6, 6.07) is 49.9. The molecule has 0 atom stereocenters. The third kappa shape index (κ3) is 3.17. The lowest BCUT2D eigenvalue weighted by Crippen LogP contribution is -1.95. The molecule has 0 unspecified atom stereocenters. The maximum Gasteiger partial charge on any atom is 0.146 e.